The SMILES string of the molecule is C=CCCCCCOc1ccccc1CN1C=CNC1C1=CC=C(C(F)(F)F)CC=C1. The fourth-order valence-electron chi connectivity index (χ4n) is 3.60. The molecule has 31 heavy (non-hydrogen) atoms. The maximum atomic E-state index is 13.0. The first-order valence-corrected chi connectivity index (χ1v) is 10.6. The van der Waals surface area contributed by atoms with E-state index in [0.717, 1.165) is 42.6 Å². The van der Waals surface area contributed by atoms with Gasteiger partial charge < -0.3 is 15.0 Å². The molecule has 0 aromatic heterocycles. The highest BCUT2D eigenvalue weighted by Crippen LogP contribution is 2.31. The summed E-state index contributed by atoms with van der Waals surface area (Å²) in [7, 11) is 0. The Morgan fingerprint density at radius 2 is 2.00 bits per heavy atom. The minimum Gasteiger partial charge on any atom is -0.493 e. The Morgan fingerprint density at radius 3 is 2.81 bits per heavy atom. The summed E-state index contributed by atoms with van der Waals surface area (Å²) < 4.78 is 45.1. The summed E-state index contributed by atoms with van der Waals surface area (Å²) in [4.78, 5) is 2.06. The normalized spacial score (nSPS) is 18.3. The first-order chi connectivity index (χ1) is 15.0. The molecule has 1 N–H and O–H groups in total. The van der Waals surface area contributed by atoms with Gasteiger partial charge in [-0.15, -0.1) is 6.58 Å². The summed E-state index contributed by atoms with van der Waals surface area (Å²) in [6.07, 6.45) is 11.3. The Bertz CT molecular complexity index is 868. The van der Waals surface area contributed by atoms with E-state index in [9.17, 15) is 13.2 Å². The van der Waals surface area contributed by atoms with Crippen LogP contribution in [-0.4, -0.2) is 23.8 Å². The van der Waals surface area contributed by atoms with E-state index >= 15 is 0 Å². The zero-order chi connectivity index (χ0) is 22.1. The molecule has 166 valence electrons. The first-order valence-electron chi connectivity index (χ1n) is 10.6. The van der Waals surface area contributed by atoms with Crippen molar-refractivity contribution in [2.24, 2.45) is 0 Å². The number of hydrogen-bond acceptors (Lipinski definition) is 3. The molecule has 0 saturated heterocycles. The van der Waals surface area contributed by atoms with Crippen molar-refractivity contribution in [1.82, 2.24) is 10.2 Å². The predicted molar refractivity (Wildman–Crippen MR) is 118 cm³/mol. The molecule has 1 aliphatic carbocycles. The molecule has 0 saturated carbocycles. The van der Waals surface area contributed by atoms with Gasteiger partial charge in [0.05, 0.1) is 6.61 Å². The number of nitrogens with one attached hydrogen (secondary N) is 1. The molecule has 6 heteroatoms. The van der Waals surface area contributed by atoms with Gasteiger partial charge in [-0.2, -0.15) is 13.2 Å². The van der Waals surface area contributed by atoms with Crippen molar-refractivity contribution in [3.63, 3.8) is 0 Å². The predicted octanol–water partition coefficient (Wildman–Crippen LogP) is 6.39. The number of unbranched alkanes of at least 4 members (excludes halogenated alkanes) is 3. The van der Waals surface area contributed by atoms with Crippen LogP contribution in [-0.2, 0) is 6.54 Å². The van der Waals surface area contributed by atoms with E-state index < -0.39 is 11.7 Å². The van der Waals surface area contributed by atoms with E-state index in [1.807, 2.05) is 42.7 Å². The molecule has 1 unspecified atom stereocenters. The van der Waals surface area contributed by atoms with Crippen molar-refractivity contribution in [2.75, 3.05) is 6.61 Å². The van der Waals surface area contributed by atoms with Gasteiger partial charge in [-0.25, -0.2) is 0 Å². The number of para-hydroxylation sites is 1. The largest absolute Gasteiger partial charge is 0.493 e. The summed E-state index contributed by atoms with van der Waals surface area (Å²) in [5.41, 5.74) is 1.28. The van der Waals surface area contributed by atoms with Gasteiger partial charge in [-0.1, -0.05) is 48.6 Å². The minimum atomic E-state index is -4.31. The van der Waals surface area contributed by atoms with Crippen molar-refractivity contribution in [1.29, 1.82) is 0 Å². The van der Waals surface area contributed by atoms with Crippen LogP contribution in [0.25, 0.3) is 0 Å². The summed E-state index contributed by atoms with van der Waals surface area (Å²) in [5.74, 6) is 0.843. The minimum absolute atomic E-state index is 0.118. The fraction of sp³-hybridized carbons (Fsp3) is 0.360. The van der Waals surface area contributed by atoms with Crippen molar-refractivity contribution in [2.45, 2.75) is 51.0 Å². The lowest BCUT2D eigenvalue weighted by atomic mass is 10.1. The standard InChI is InChI=1S/C25H29F3N2O/c1-2-3-4-5-8-18-31-23-13-7-6-10-21(23)19-30-17-16-29-24(30)20-11-9-12-22(15-14-20)25(26,27)28/h2,6-7,9-11,13-17,24,29H,1,3-5,8,12,18-19H2. The van der Waals surface area contributed by atoms with Crippen molar-refractivity contribution in [3.05, 3.63) is 90.3 Å². The molecule has 0 amide bonds. The van der Waals surface area contributed by atoms with Crippen molar-refractivity contribution >= 4 is 0 Å². The van der Waals surface area contributed by atoms with Crippen molar-refractivity contribution < 1.29 is 17.9 Å². The van der Waals surface area contributed by atoms with Crippen LogP contribution in [0.3, 0.4) is 0 Å². The Kier molecular flexibility index (Phi) is 8.04. The number of allylic oxidation sites excluding steroid dienone is 5. The van der Waals surface area contributed by atoms with Gasteiger partial charge in [0.15, 0.2) is 0 Å². The van der Waals surface area contributed by atoms with Gasteiger partial charge in [-0.3, -0.25) is 0 Å². The lowest BCUT2D eigenvalue weighted by molar-refractivity contribution is -0.0928. The fourth-order valence-corrected chi connectivity index (χ4v) is 3.60. The second-order valence-corrected chi connectivity index (χ2v) is 7.61. The van der Waals surface area contributed by atoms with Gasteiger partial charge >= 0.3 is 6.18 Å². The third kappa shape index (κ3) is 6.54. The number of halogens is 3. The van der Waals surface area contributed by atoms with E-state index in [-0.39, 0.29) is 12.6 Å². The van der Waals surface area contributed by atoms with Crippen molar-refractivity contribution in [3.8, 4) is 5.75 Å². The molecule has 1 aromatic rings. The topological polar surface area (TPSA) is 24.5 Å². The van der Waals surface area contributed by atoms with Crippen LogP contribution in [0.5, 0.6) is 5.75 Å². The van der Waals surface area contributed by atoms with E-state index in [1.54, 1.807) is 18.2 Å². The third-order valence-corrected chi connectivity index (χ3v) is 5.29. The van der Waals surface area contributed by atoms with Crippen LogP contribution in [0.4, 0.5) is 13.2 Å². The molecule has 0 bridgehead atoms. The second-order valence-electron chi connectivity index (χ2n) is 7.61. The highest BCUT2D eigenvalue weighted by atomic mass is 19.4. The number of rotatable bonds is 10. The smallest absolute Gasteiger partial charge is 0.412 e. The Labute approximate surface area is 182 Å². The zero-order valence-electron chi connectivity index (χ0n) is 17.6. The van der Waals surface area contributed by atoms with Crippen LogP contribution in [0, 0.1) is 0 Å². The summed E-state index contributed by atoms with van der Waals surface area (Å²) >= 11 is 0. The van der Waals surface area contributed by atoms with E-state index in [2.05, 4.69) is 16.8 Å². The molecule has 1 heterocycles. The maximum Gasteiger partial charge on any atom is 0.412 e. The van der Waals surface area contributed by atoms with Crippen LogP contribution in [0.2, 0.25) is 0 Å². The summed E-state index contributed by atoms with van der Waals surface area (Å²) in [6.45, 7) is 4.98. The molecule has 3 nitrogen and oxygen atoms in total. The van der Waals surface area contributed by atoms with E-state index in [0.29, 0.717) is 13.2 Å². The molecular formula is C25H29F3N2O. The highest BCUT2D eigenvalue weighted by molar-refractivity contribution is 5.38. The van der Waals surface area contributed by atoms with Gasteiger partial charge in [0, 0.05) is 30.1 Å². The van der Waals surface area contributed by atoms with Gasteiger partial charge in [-0.05, 0) is 43.7 Å². The lowest BCUT2D eigenvalue weighted by Gasteiger charge is -2.27. The van der Waals surface area contributed by atoms with Crippen LogP contribution in [0.1, 0.15) is 37.7 Å². The molecule has 1 atom stereocenters. The summed E-state index contributed by atoms with van der Waals surface area (Å²) in [6, 6.07) is 7.91. The molecule has 1 aliphatic heterocycles. The number of ether oxygens (including phenoxy) is 1. The molecule has 3 rings (SSSR count). The molecular weight excluding hydrogens is 401 g/mol. The molecule has 2 aliphatic rings. The quantitative estimate of drug-likeness (QED) is 0.344. The number of benzene rings is 1. The number of alkyl halides is 3. The Hall–Kier alpha value is -2.89. The Morgan fingerprint density at radius 1 is 1.16 bits per heavy atom. The maximum absolute atomic E-state index is 13.0. The molecule has 1 aromatic carbocycles. The summed E-state index contributed by atoms with van der Waals surface area (Å²) in [5, 5.41) is 3.24. The van der Waals surface area contributed by atoms with Crippen LogP contribution >= 0.6 is 0 Å². The van der Waals surface area contributed by atoms with Gasteiger partial charge in [0.2, 0.25) is 0 Å². The van der Waals surface area contributed by atoms with Crippen LogP contribution < -0.4 is 10.1 Å². The molecule has 0 radical (unpaired) electrons. The van der Waals surface area contributed by atoms with Gasteiger partial charge in [0.1, 0.15) is 11.9 Å². The lowest BCUT2D eigenvalue weighted by Crippen LogP contribution is -2.36. The first kappa shape index (κ1) is 22.8. The molecule has 0 spiro atoms. The third-order valence-electron chi connectivity index (χ3n) is 5.29. The highest BCUT2D eigenvalue weighted by Gasteiger charge is 2.33. The van der Waals surface area contributed by atoms with Crippen LogP contribution in [0.15, 0.2) is 84.8 Å². The van der Waals surface area contributed by atoms with E-state index in [4.69, 9.17) is 4.74 Å². The Balaban J connectivity index is 1.65. The number of nitrogens with zero attached hydrogens (tertiary/aromatic N) is 1. The van der Waals surface area contributed by atoms with E-state index in [1.165, 1.54) is 6.08 Å². The second kappa shape index (κ2) is 10.9. The monoisotopic (exact) mass is 430 g/mol. The zero-order valence-corrected chi connectivity index (χ0v) is 17.6. The average Bonchev–Trinajstić information content (AvgIpc) is 3.04. The molecule has 0 fully saturated rings. The number of hydrogen-bond donors (Lipinski definition) is 1. The van der Waals surface area contributed by atoms with Gasteiger partial charge in [0.25, 0.3) is 0 Å². The average molecular weight is 431 g/mol.